The van der Waals surface area contributed by atoms with E-state index in [1.165, 1.54) is 11.1 Å². The fourth-order valence-corrected chi connectivity index (χ4v) is 3.12. The van der Waals surface area contributed by atoms with Gasteiger partial charge in [0.1, 0.15) is 11.9 Å². The van der Waals surface area contributed by atoms with Gasteiger partial charge in [-0.15, -0.1) is 5.10 Å². The van der Waals surface area contributed by atoms with Crippen LogP contribution >= 0.6 is 0 Å². The van der Waals surface area contributed by atoms with E-state index in [0.717, 1.165) is 37.6 Å². The van der Waals surface area contributed by atoms with Gasteiger partial charge < -0.3 is 14.6 Å². The fraction of sp³-hybridized carbons (Fsp3) is 0.562. The molecule has 0 radical (unpaired) electrons. The zero-order valence-corrected chi connectivity index (χ0v) is 13.4. The molecule has 1 atom stereocenters. The molecular formula is C16H23N5O. The number of aryl methyl sites for hydroxylation is 2. The molecule has 6 nitrogen and oxygen atoms in total. The largest absolute Gasteiger partial charge is 0.385 e. The number of hydrogen-bond acceptors (Lipinski definition) is 5. The van der Waals surface area contributed by atoms with Gasteiger partial charge in [-0.1, -0.05) is 0 Å². The first-order chi connectivity index (χ1) is 10.6. The highest BCUT2D eigenvalue weighted by molar-refractivity contribution is 5.48. The molecule has 3 heterocycles. The minimum absolute atomic E-state index is 0.246. The molecule has 0 bridgehead atoms. The number of aromatic nitrogens is 4. The molecule has 1 fully saturated rings. The minimum Gasteiger partial charge on any atom is -0.385 e. The van der Waals surface area contributed by atoms with E-state index in [1.807, 2.05) is 17.8 Å². The number of rotatable bonds is 3. The van der Waals surface area contributed by atoms with Gasteiger partial charge in [-0.25, -0.2) is 4.98 Å². The second-order valence-corrected chi connectivity index (χ2v) is 6.14. The SMILES string of the molecule is Cc1cnnc(N2CCC(C(O)c3nccn3C)CC2)c1C. The van der Waals surface area contributed by atoms with Crippen LogP contribution in [0.3, 0.4) is 0 Å². The summed E-state index contributed by atoms with van der Waals surface area (Å²) >= 11 is 0. The summed E-state index contributed by atoms with van der Waals surface area (Å²) in [5.41, 5.74) is 2.36. The van der Waals surface area contributed by atoms with E-state index in [-0.39, 0.29) is 5.92 Å². The lowest BCUT2D eigenvalue weighted by molar-refractivity contribution is 0.0824. The van der Waals surface area contributed by atoms with Crippen molar-refractivity contribution in [1.82, 2.24) is 19.7 Å². The maximum absolute atomic E-state index is 10.5. The number of imidazole rings is 1. The standard InChI is InChI=1S/C16H23N5O/c1-11-10-18-19-15(12(11)2)21-7-4-13(5-8-21)14(22)16-17-6-9-20(16)3/h6,9-10,13-14,22H,4-5,7-8H2,1-3H3. The lowest BCUT2D eigenvalue weighted by atomic mass is 9.90. The van der Waals surface area contributed by atoms with Crippen molar-refractivity contribution in [1.29, 1.82) is 0 Å². The molecule has 1 aliphatic heterocycles. The van der Waals surface area contributed by atoms with Crippen LogP contribution in [0.15, 0.2) is 18.6 Å². The van der Waals surface area contributed by atoms with E-state index in [4.69, 9.17) is 0 Å². The summed E-state index contributed by atoms with van der Waals surface area (Å²) < 4.78 is 1.90. The average Bonchev–Trinajstić information content (AvgIpc) is 2.96. The molecule has 1 unspecified atom stereocenters. The van der Waals surface area contributed by atoms with Crippen molar-refractivity contribution in [2.24, 2.45) is 13.0 Å². The van der Waals surface area contributed by atoms with Crippen molar-refractivity contribution in [3.05, 3.63) is 35.5 Å². The van der Waals surface area contributed by atoms with Gasteiger partial charge in [0.25, 0.3) is 0 Å². The predicted molar refractivity (Wildman–Crippen MR) is 84.6 cm³/mol. The summed E-state index contributed by atoms with van der Waals surface area (Å²) in [6, 6.07) is 0. The maximum Gasteiger partial charge on any atom is 0.154 e. The molecule has 0 aromatic carbocycles. The molecule has 1 aliphatic rings. The van der Waals surface area contributed by atoms with Gasteiger partial charge in [-0.2, -0.15) is 5.10 Å². The Morgan fingerprint density at radius 3 is 2.64 bits per heavy atom. The van der Waals surface area contributed by atoms with Gasteiger partial charge in [0.2, 0.25) is 0 Å². The van der Waals surface area contributed by atoms with Crippen LogP contribution in [0.1, 0.15) is 35.9 Å². The van der Waals surface area contributed by atoms with Gasteiger partial charge >= 0.3 is 0 Å². The van der Waals surface area contributed by atoms with Crippen molar-refractivity contribution in [3.8, 4) is 0 Å². The molecule has 1 N–H and O–H groups in total. The van der Waals surface area contributed by atoms with E-state index in [2.05, 4.69) is 33.9 Å². The molecule has 22 heavy (non-hydrogen) atoms. The second-order valence-electron chi connectivity index (χ2n) is 6.14. The van der Waals surface area contributed by atoms with E-state index in [0.29, 0.717) is 0 Å². The predicted octanol–water partition coefficient (Wildman–Crippen LogP) is 1.78. The first-order valence-electron chi connectivity index (χ1n) is 7.77. The lowest BCUT2D eigenvalue weighted by Crippen LogP contribution is -2.37. The number of nitrogens with zero attached hydrogens (tertiary/aromatic N) is 5. The van der Waals surface area contributed by atoms with Crippen LogP contribution in [0.25, 0.3) is 0 Å². The molecule has 3 rings (SSSR count). The topological polar surface area (TPSA) is 67.1 Å². The Bertz CT molecular complexity index is 646. The highest BCUT2D eigenvalue weighted by Gasteiger charge is 2.29. The Labute approximate surface area is 130 Å². The zero-order chi connectivity index (χ0) is 15.7. The first-order valence-corrected chi connectivity index (χ1v) is 7.77. The van der Waals surface area contributed by atoms with Crippen molar-refractivity contribution in [2.45, 2.75) is 32.8 Å². The fourth-order valence-electron chi connectivity index (χ4n) is 3.12. The molecule has 0 saturated carbocycles. The van der Waals surface area contributed by atoms with Crippen LogP contribution in [0.5, 0.6) is 0 Å². The molecule has 0 aliphatic carbocycles. The molecule has 0 spiro atoms. The van der Waals surface area contributed by atoms with Crippen molar-refractivity contribution in [3.63, 3.8) is 0 Å². The molecule has 6 heteroatoms. The molecule has 2 aromatic heterocycles. The zero-order valence-electron chi connectivity index (χ0n) is 13.4. The Morgan fingerprint density at radius 2 is 2.00 bits per heavy atom. The summed E-state index contributed by atoms with van der Waals surface area (Å²) in [5.74, 6) is 1.98. The van der Waals surface area contributed by atoms with E-state index in [1.54, 1.807) is 12.4 Å². The van der Waals surface area contributed by atoms with Crippen molar-refractivity contribution < 1.29 is 5.11 Å². The van der Waals surface area contributed by atoms with E-state index < -0.39 is 6.10 Å². The van der Waals surface area contributed by atoms with Gasteiger partial charge in [0, 0.05) is 32.5 Å². The molecule has 0 amide bonds. The molecule has 2 aromatic rings. The van der Waals surface area contributed by atoms with Gasteiger partial charge in [0.05, 0.1) is 6.20 Å². The quantitative estimate of drug-likeness (QED) is 0.936. The summed E-state index contributed by atoms with van der Waals surface area (Å²) in [5, 5.41) is 18.9. The van der Waals surface area contributed by atoms with Crippen LogP contribution in [-0.4, -0.2) is 37.9 Å². The van der Waals surface area contributed by atoms with Crippen LogP contribution in [0, 0.1) is 19.8 Å². The van der Waals surface area contributed by atoms with Crippen LogP contribution in [0.2, 0.25) is 0 Å². The summed E-state index contributed by atoms with van der Waals surface area (Å²) in [4.78, 5) is 6.55. The van der Waals surface area contributed by atoms with Gasteiger partial charge in [-0.3, -0.25) is 0 Å². The van der Waals surface area contributed by atoms with Crippen molar-refractivity contribution in [2.75, 3.05) is 18.0 Å². The van der Waals surface area contributed by atoms with Gasteiger partial charge in [-0.05, 0) is 43.7 Å². The summed E-state index contributed by atoms with van der Waals surface area (Å²) in [7, 11) is 1.92. The first kappa shape index (κ1) is 15.0. The lowest BCUT2D eigenvalue weighted by Gasteiger charge is -2.35. The number of aliphatic hydroxyl groups excluding tert-OH is 1. The van der Waals surface area contributed by atoms with Crippen molar-refractivity contribution >= 4 is 5.82 Å². The van der Waals surface area contributed by atoms with E-state index >= 15 is 0 Å². The smallest absolute Gasteiger partial charge is 0.154 e. The molecular weight excluding hydrogens is 278 g/mol. The number of aliphatic hydroxyl groups is 1. The maximum atomic E-state index is 10.5. The molecule has 1 saturated heterocycles. The van der Waals surface area contributed by atoms with Crippen LogP contribution in [-0.2, 0) is 7.05 Å². The molecule has 118 valence electrons. The second kappa shape index (κ2) is 6.04. The van der Waals surface area contributed by atoms with Crippen LogP contribution in [0.4, 0.5) is 5.82 Å². The van der Waals surface area contributed by atoms with E-state index in [9.17, 15) is 5.11 Å². The normalized spacial score (nSPS) is 17.7. The number of anilines is 1. The van der Waals surface area contributed by atoms with Gasteiger partial charge in [0.15, 0.2) is 5.82 Å². The minimum atomic E-state index is -0.494. The third-order valence-electron chi connectivity index (χ3n) is 4.74. The Balaban J connectivity index is 1.68. The van der Waals surface area contributed by atoms with Crippen LogP contribution < -0.4 is 4.90 Å². The Hall–Kier alpha value is -1.95. The number of hydrogen-bond donors (Lipinski definition) is 1. The highest BCUT2D eigenvalue weighted by atomic mass is 16.3. The Morgan fingerprint density at radius 1 is 1.27 bits per heavy atom. The summed E-state index contributed by atoms with van der Waals surface area (Å²) in [6.45, 7) is 5.94. The number of piperidine rings is 1. The monoisotopic (exact) mass is 301 g/mol. The summed E-state index contributed by atoms with van der Waals surface area (Å²) in [6.07, 6.45) is 6.79. The third-order valence-corrected chi connectivity index (χ3v) is 4.74. The Kier molecular flexibility index (Phi) is 4.11. The third kappa shape index (κ3) is 2.70. The highest BCUT2D eigenvalue weighted by Crippen LogP contribution is 2.32. The average molecular weight is 301 g/mol.